The first-order valence-corrected chi connectivity index (χ1v) is 10.4. The van der Waals surface area contributed by atoms with Crippen molar-refractivity contribution in [3.8, 4) is 0 Å². The van der Waals surface area contributed by atoms with Crippen LogP contribution in [0, 0.1) is 27.8 Å². The van der Waals surface area contributed by atoms with Gasteiger partial charge in [-0.15, -0.1) is 0 Å². The van der Waals surface area contributed by atoms with Crippen LogP contribution >= 0.6 is 0 Å². The third kappa shape index (κ3) is 2.12. The number of halogens is 1. The molecule has 3 saturated heterocycles. The molecule has 6 rings (SSSR count). The second-order valence-corrected chi connectivity index (χ2v) is 8.60. The average Bonchev–Trinajstić information content (AvgIpc) is 3.47. The fraction of sp³-hybridized carbons (Fsp3) is 0.318. The minimum Gasteiger partial charge on any atom is -0.324 e. The number of nitrogens with one attached hydrogen (secondary N) is 1. The number of nitro groups is 1. The van der Waals surface area contributed by atoms with E-state index in [9.17, 15) is 28.9 Å². The normalized spacial score (nSPS) is 30.6. The van der Waals surface area contributed by atoms with Gasteiger partial charge in [-0.3, -0.25) is 29.4 Å². The molecule has 4 atom stereocenters. The van der Waals surface area contributed by atoms with Gasteiger partial charge in [-0.05, 0) is 49.7 Å². The quantitative estimate of drug-likeness (QED) is 0.439. The summed E-state index contributed by atoms with van der Waals surface area (Å²) in [6.07, 6.45) is 1.40. The van der Waals surface area contributed by atoms with Crippen molar-refractivity contribution in [3.05, 3.63) is 64.0 Å². The van der Waals surface area contributed by atoms with Gasteiger partial charge in [0.15, 0.2) is 0 Å². The molecular formula is C22H17FN4O5. The van der Waals surface area contributed by atoms with E-state index in [2.05, 4.69) is 5.32 Å². The molecule has 0 aliphatic carbocycles. The minimum atomic E-state index is -1.45. The molecule has 0 bridgehead atoms. The Morgan fingerprint density at radius 3 is 2.56 bits per heavy atom. The Labute approximate surface area is 180 Å². The fourth-order valence-electron chi connectivity index (χ4n) is 6.15. The number of nitro benzene ring substituents is 1. The van der Waals surface area contributed by atoms with Crippen molar-refractivity contribution >= 4 is 34.8 Å². The Morgan fingerprint density at radius 2 is 1.84 bits per heavy atom. The lowest BCUT2D eigenvalue weighted by atomic mass is 9.75. The van der Waals surface area contributed by atoms with Gasteiger partial charge in [0.1, 0.15) is 11.4 Å². The maximum Gasteiger partial charge on any atom is 0.269 e. The number of carbonyl (C=O) groups excluding carboxylic acids is 3. The second-order valence-electron chi connectivity index (χ2n) is 8.60. The number of carbonyl (C=O) groups is 3. The summed E-state index contributed by atoms with van der Waals surface area (Å²) in [6, 6.07) is 8.86. The van der Waals surface area contributed by atoms with Crippen LogP contribution in [0.5, 0.6) is 0 Å². The molecule has 0 radical (unpaired) electrons. The zero-order chi connectivity index (χ0) is 22.4. The van der Waals surface area contributed by atoms with Gasteiger partial charge >= 0.3 is 0 Å². The Balaban J connectivity index is 1.51. The van der Waals surface area contributed by atoms with E-state index in [1.54, 1.807) is 0 Å². The molecule has 0 unspecified atom stereocenters. The smallest absolute Gasteiger partial charge is 0.269 e. The Hall–Kier alpha value is -3.66. The van der Waals surface area contributed by atoms with Crippen molar-refractivity contribution in [2.75, 3.05) is 16.8 Å². The van der Waals surface area contributed by atoms with Crippen LogP contribution in [0.15, 0.2) is 42.5 Å². The van der Waals surface area contributed by atoms with E-state index in [1.807, 2.05) is 4.90 Å². The van der Waals surface area contributed by atoms with Crippen molar-refractivity contribution < 1.29 is 23.7 Å². The first-order chi connectivity index (χ1) is 15.4. The summed E-state index contributed by atoms with van der Waals surface area (Å²) < 4.78 is 14.3. The summed E-state index contributed by atoms with van der Waals surface area (Å²) in [4.78, 5) is 54.0. The predicted octanol–water partition coefficient (Wildman–Crippen LogP) is 2.17. The third-order valence-corrected chi connectivity index (χ3v) is 7.27. The van der Waals surface area contributed by atoms with Gasteiger partial charge < -0.3 is 5.32 Å². The number of nitrogens with zero attached hydrogens (tertiary/aromatic N) is 3. The van der Waals surface area contributed by atoms with Crippen LogP contribution in [-0.2, 0) is 19.9 Å². The van der Waals surface area contributed by atoms with Gasteiger partial charge in [0.05, 0.1) is 22.4 Å². The van der Waals surface area contributed by atoms with E-state index in [0.717, 1.165) is 11.3 Å². The van der Waals surface area contributed by atoms with Crippen LogP contribution in [0.2, 0.25) is 0 Å². The van der Waals surface area contributed by atoms with Crippen molar-refractivity contribution in [2.45, 2.75) is 24.4 Å². The number of imide groups is 1. The third-order valence-electron chi connectivity index (χ3n) is 7.27. The molecule has 9 nitrogen and oxygen atoms in total. The highest BCUT2D eigenvalue weighted by atomic mass is 19.1. The number of hydrogen-bond donors (Lipinski definition) is 1. The van der Waals surface area contributed by atoms with E-state index in [1.165, 1.54) is 42.5 Å². The molecule has 162 valence electrons. The lowest BCUT2D eigenvalue weighted by molar-refractivity contribution is -0.384. The van der Waals surface area contributed by atoms with Gasteiger partial charge in [-0.1, -0.05) is 0 Å². The largest absolute Gasteiger partial charge is 0.324 e. The van der Waals surface area contributed by atoms with E-state index in [-0.39, 0.29) is 17.4 Å². The summed E-state index contributed by atoms with van der Waals surface area (Å²) >= 11 is 0. The van der Waals surface area contributed by atoms with Crippen LogP contribution in [0.4, 0.5) is 21.5 Å². The van der Waals surface area contributed by atoms with Gasteiger partial charge in [0, 0.05) is 29.4 Å². The molecule has 3 fully saturated rings. The van der Waals surface area contributed by atoms with Gasteiger partial charge in [0.25, 0.3) is 5.69 Å². The van der Waals surface area contributed by atoms with Crippen LogP contribution in [0.3, 0.4) is 0 Å². The molecule has 0 aromatic heterocycles. The van der Waals surface area contributed by atoms with Crippen molar-refractivity contribution in [3.63, 3.8) is 0 Å². The van der Waals surface area contributed by atoms with Gasteiger partial charge in [-0.25, -0.2) is 9.29 Å². The lowest BCUT2D eigenvalue weighted by Gasteiger charge is -2.36. The summed E-state index contributed by atoms with van der Waals surface area (Å²) in [6.45, 7) is 0.527. The number of rotatable bonds is 2. The molecule has 4 aliphatic heterocycles. The Kier molecular flexibility index (Phi) is 3.69. The first kappa shape index (κ1) is 19.1. The zero-order valence-corrected chi connectivity index (χ0v) is 16.7. The number of amides is 3. The number of anilines is 2. The fourth-order valence-corrected chi connectivity index (χ4v) is 6.15. The molecule has 4 aliphatic rings. The first-order valence-electron chi connectivity index (χ1n) is 10.4. The highest BCUT2D eigenvalue weighted by Gasteiger charge is 2.74. The molecule has 1 N–H and O–H groups in total. The van der Waals surface area contributed by atoms with Gasteiger partial charge in [0.2, 0.25) is 17.7 Å². The second kappa shape index (κ2) is 6.19. The standard InChI is InChI=1S/C22H17FN4O5/c23-11-3-8-15-14(10-11)22(21(30)24-15)18-17(16-2-1-9-25(16)22)19(28)26(20(18)29)12-4-6-13(7-5-12)27(31)32/h3-8,10,16-18H,1-2,9H2,(H,24,30)/t16-,17+,18+,22-/m0/s1. The van der Waals surface area contributed by atoms with E-state index >= 15 is 0 Å². The molecule has 32 heavy (non-hydrogen) atoms. The van der Waals surface area contributed by atoms with Crippen LogP contribution in [0.1, 0.15) is 18.4 Å². The summed E-state index contributed by atoms with van der Waals surface area (Å²) in [5, 5.41) is 13.8. The SMILES string of the molecule is O=C1[C@@H]2[C@@H]3CCCN3[C@]3(C(=O)Nc4ccc(F)cc43)[C@H]2C(=O)N1c1ccc([N+](=O)[O-])cc1. The summed E-state index contributed by atoms with van der Waals surface area (Å²) in [5.41, 5.74) is -0.570. The zero-order valence-electron chi connectivity index (χ0n) is 16.7. The van der Waals surface area contributed by atoms with Crippen molar-refractivity contribution in [2.24, 2.45) is 11.8 Å². The topological polar surface area (TPSA) is 113 Å². The maximum atomic E-state index is 14.3. The molecule has 4 heterocycles. The minimum absolute atomic E-state index is 0.161. The number of fused-ring (bicyclic) bond motifs is 7. The number of non-ortho nitro benzene ring substituents is 1. The molecule has 3 amide bonds. The lowest BCUT2D eigenvalue weighted by Crippen LogP contribution is -2.54. The summed E-state index contributed by atoms with van der Waals surface area (Å²) in [5.74, 6) is -3.68. The highest BCUT2D eigenvalue weighted by Crippen LogP contribution is 2.60. The molecule has 10 heteroatoms. The van der Waals surface area contributed by atoms with E-state index in [0.29, 0.717) is 24.2 Å². The Bertz CT molecular complexity index is 1230. The molecule has 0 saturated carbocycles. The maximum absolute atomic E-state index is 14.3. The Morgan fingerprint density at radius 1 is 1.09 bits per heavy atom. The molecule has 2 aromatic rings. The molecule has 2 aromatic carbocycles. The molecule has 1 spiro atoms. The van der Waals surface area contributed by atoms with Crippen LogP contribution < -0.4 is 10.2 Å². The van der Waals surface area contributed by atoms with E-state index < -0.39 is 45.8 Å². The van der Waals surface area contributed by atoms with Crippen LogP contribution in [0.25, 0.3) is 0 Å². The van der Waals surface area contributed by atoms with Gasteiger partial charge in [-0.2, -0.15) is 0 Å². The average molecular weight is 436 g/mol. The molecular weight excluding hydrogens is 419 g/mol. The number of hydrogen-bond acceptors (Lipinski definition) is 6. The predicted molar refractivity (Wildman–Crippen MR) is 109 cm³/mol. The van der Waals surface area contributed by atoms with E-state index in [4.69, 9.17) is 0 Å². The van der Waals surface area contributed by atoms with Crippen molar-refractivity contribution in [1.29, 1.82) is 0 Å². The number of benzene rings is 2. The highest BCUT2D eigenvalue weighted by molar-refractivity contribution is 6.25. The van der Waals surface area contributed by atoms with Crippen LogP contribution in [-0.4, -0.2) is 40.1 Å². The van der Waals surface area contributed by atoms with Crippen molar-refractivity contribution in [1.82, 2.24) is 4.90 Å². The summed E-state index contributed by atoms with van der Waals surface area (Å²) in [7, 11) is 0. The monoisotopic (exact) mass is 436 g/mol.